The number of thioether (sulfide) groups is 6. The van der Waals surface area contributed by atoms with Crippen LogP contribution < -0.4 is 9.47 Å². The quantitative estimate of drug-likeness (QED) is 0.185. The Kier molecular flexibility index (Phi) is 14.5. The molecule has 2 heterocycles. The Morgan fingerprint density at radius 2 is 1.00 bits per heavy atom. The maximum absolute atomic E-state index is 10.2. The minimum atomic E-state index is -0.455. The number of rotatable bonds is 17. The molecule has 4 rings (SSSR count). The van der Waals surface area contributed by atoms with E-state index >= 15 is 0 Å². The number of ether oxygens (including phenoxy) is 2. The van der Waals surface area contributed by atoms with Gasteiger partial charge in [0.2, 0.25) is 0 Å². The van der Waals surface area contributed by atoms with Gasteiger partial charge in [-0.2, -0.15) is 23.5 Å². The van der Waals surface area contributed by atoms with Gasteiger partial charge in [-0.1, -0.05) is 24.3 Å². The molecule has 2 saturated heterocycles. The largest absolute Gasteiger partial charge is 0.491 e. The first kappa shape index (κ1) is 31.0. The minimum absolute atomic E-state index is 0.314. The zero-order valence-electron chi connectivity index (χ0n) is 21.6. The molecule has 0 aliphatic carbocycles. The number of benzene rings is 2. The van der Waals surface area contributed by atoms with E-state index in [-0.39, 0.29) is 0 Å². The van der Waals surface area contributed by atoms with Gasteiger partial charge >= 0.3 is 0 Å². The van der Waals surface area contributed by atoms with Crippen LogP contribution in [-0.2, 0) is 0 Å². The number of hydrogen-bond donors (Lipinski definition) is 2. The minimum Gasteiger partial charge on any atom is -0.491 e. The lowest BCUT2D eigenvalue weighted by molar-refractivity contribution is 0.126. The molecule has 2 N–H and O–H groups in total. The van der Waals surface area contributed by atoms with Crippen LogP contribution in [0.4, 0.5) is 0 Å². The standard InChI is InChI=1S/C28H38O4S6/c29-23(19-33-11-9-27-35-13-14-36-27)17-31-25-5-1-21(2-6-25)22-3-7-26(8-4-22)32-18-24(30)20-34-12-10-28-37-15-16-38-28/h1-8,23-24,27-30H,9-20H2. The molecule has 38 heavy (non-hydrogen) atoms. The van der Waals surface area contributed by atoms with Gasteiger partial charge in [0.1, 0.15) is 24.7 Å². The first-order valence-electron chi connectivity index (χ1n) is 13.1. The first-order chi connectivity index (χ1) is 18.7. The molecule has 4 nitrogen and oxygen atoms in total. The molecular weight excluding hydrogens is 593 g/mol. The highest BCUT2D eigenvalue weighted by Crippen LogP contribution is 2.35. The number of hydrogen-bond acceptors (Lipinski definition) is 10. The van der Waals surface area contributed by atoms with Crippen molar-refractivity contribution in [2.24, 2.45) is 0 Å². The van der Waals surface area contributed by atoms with Crippen LogP contribution in [0.25, 0.3) is 11.1 Å². The average Bonchev–Trinajstić information content (AvgIpc) is 3.67. The third-order valence-corrected chi connectivity index (χ3v) is 14.6. The summed E-state index contributed by atoms with van der Waals surface area (Å²) in [6, 6.07) is 15.9. The van der Waals surface area contributed by atoms with E-state index in [0.29, 0.717) is 24.7 Å². The summed E-state index contributed by atoms with van der Waals surface area (Å²) in [5.41, 5.74) is 2.19. The van der Waals surface area contributed by atoms with Gasteiger partial charge < -0.3 is 19.7 Å². The first-order valence-corrected chi connectivity index (χ1v) is 19.6. The second kappa shape index (κ2) is 17.8. The van der Waals surface area contributed by atoms with Crippen molar-refractivity contribution in [3.8, 4) is 22.6 Å². The molecule has 2 aromatic carbocycles. The van der Waals surface area contributed by atoms with Gasteiger partial charge in [-0.3, -0.25) is 0 Å². The lowest BCUT2D eigenvalue weighted by atomic mass is 10.1. The van der Waals surface area contributed by atoms with Crippen molar-refractivity contribution >= 4 is 70.6 Å². The lowest BCUT2D eigenvalue weighted by Crippen LogP contribution is -2.20. The van der Waals surface area contributed by atoms with Crippen LogP contribution in [0.5, 0.6) is 11.5 Å². The summed E-state index contributed by atoms with van der Waals surface area (Å²) in [6.07, 6.45) is 1.51. The summed E-state index contributed by atoms with van der Waals surface area (Å²) in [6.45, 7) is 0.628. The van der Waals surface area contributed by atoms with Crippen LogP contribution in [0, 0.1) is 0 Å². The number of aliphatic hydroxyl groups is 2. The summed E-state index contributed by atoms with van der Waals surface area (Å²) in [7, 11) is 0. The molecule has 2 fully saturated rings. The van der Waals surface area contributed by atoms with E-state index in [9.17, 15) is 10.2 Å². The fourth-order valence-electron chi connectivity index (χ4n) is 3.91. The van der Waals surface area contributed by atoms with E-state index in [1.807, 2.05) is 72.1 Å². The molecule has 210 valence electrons. The predicted octanol–water partition coefficient (Wildman–Crippen LogP) is 6.69. The van der Waals surface area contributed by atoms with Crippen molar-refractivity contribution in [3.63, 3.8) is 0 Å². The molecule has 2 aliphatic heterocycles. The Labute approximate surface area is 253 Å². The Morgan fingerprint density at radius 3 is 1.37 bits per heavy atom. The van der Waals surface area contributed by atoms with Gasteiger partial charge in [0, 0.05) is 34.5 Å². The number of aliphatic hydroxyl groups excluding tert-OH is 2. The summed E-state index contributed by atoms with van der Waals surface area (Å²) in [4.78, 5) is 0. The van der Waals surface area contributed by atoms with Crippen molar-refractivity contribution in [2.75, 3.05) is 59.2 Å². The summed E-state index contributed by atoms with van der Waals surface area (Å²) in [5.74, 6) is 10.3. The van der Waals surface area contributed by atoms with Gasteiger partial charge in [-0.15, -0.1) is 47.0 Å². The topological polar surface area (TPSA) is 58.9 Å². The van der Waals surface area contributed by atoms with Crippen LogP contribution in [-0.4, -0.2) is 90.8 Å². The van der Waals surface area contributed by atoms with E-state index in [2.05, 4.69) is 47.0 Å². The molecule has 0 saturated carbocycles. The Balaban J connectivity index is 1.09. The summed E-state index contributed by atoms with van der Waals surface area (Å²) in [5, 5.41) is 20.5. The average molecular weight is 631 g/mol. The molecule has 0 aromatic heterocycles. The van der Waals surface area contributed by atoms with Gasteiger partial charge in [0.25, 0.3) is 0 Å². The van der Waals surface area contributed by atoms with E-state index in [4.69, 9.17) is 9.47 Å². The van der Waals surface area contributed by atoms with Crippen molar-refractivity contribution in [1.82, 2.24) is 0 Å². The van der Waals surface area contributed by atoms with Gasteiger partial charge in [0.05, 0.1) is 21.4 Å². The van der Waals surface area contributed by atoms with E-state index in [1.54, 1.807) is 0 Å². The zero-order valence-corrected chi connectivity index (χ0v) is 26.5. The van der Waals surface area contributed by atoms with Gasteiger partial charge in [-0.25, -0.2) is 0 Å². The Hall–Kier alpha value is 0.0600. The fraction of sp³-hybridized carbons (Fsp3) is 0.571. The highest BCUT2D eigenvalue weighted by molar-refractivity contribution is 8.20. The van der Waals surface area contributed by atoms with Crippen LogP contribution >= 0.6 is 70.6 Å². The molecule has 0 amide bonds. The molecule has 0 bridgehead atoms. The molecule has 10 heteroatoms. The van der Waals surface area contributed by atoms with E-state index < -0.39 is 12.2 Å². The molecule has 0 spiro atoms. The van der Waals surface area contributed by atoms with Crippen LogP contribution in [0.3, 0.4) is 0 Å². The van der Waals surface area contributed by atoms with Crippen LogP contribution in [0.15, 0.2) is 48.5 Å². The summed E-state index contributed by atoms with van der Waals surface area (Å²) >= 11 is 11.9. The summed E-state index contributed by atoms with van der Waals surface area (Å²) < 4.78 is 13.1. The monoisotopic (exact) mass is 630 g/mol. The van der Waals surface area contributed by atoms with Crippen molar-refractivity contribution in [2.45, 2.75) is 34.2 Å². The second-order valence-electron chi connectivity index (χ2n) is 9.05. The van der Waals surface area contributed by atoms with E-state index in [1.165, 1.54) is 35.9 Å². The van der Waals surface area contributed by atoms with Crippen molar-refractivity contribution in [1.29, 1.82) is 0 Å². The van der Waals surface area contributed by atoms with Gasteiger partial charge in [-0.05, 0) is 59.7 Å². The molecule has 2 unspecified atom stereocenters. The van der Waals surface area contributed by atoms with Crippen LogP contribution in [0.1, 0.15) is 12.8 Å². The third kappa shape index (κ3) is 11.5. The molecule has 2 aliphatic rings. The smallest absolute Gasteiger partial charge is 0.119 e. The lowest BCUT2D eigenvalue weighted by Gasteiger charge is -2.14. The maximum atomic E-state index is 10.2. The molecule has 0 radical (unpaired) electrons. The van der Waals surface area contributed by atoms with E-state index in [0.717, 1.165) is 43.3 Å². The highest BCUT2D eigenvalue weighted by Gasteiger charge is 2.17. The van der Waals surface area contributed by atoms with Crippen LogP contribution in [0.2, 0.25) is 0 Å². The SMILES string of the molecule is OC(COc1ccc(-c2ccc(OCC(O)CSCCC3SCCS3)cc2)cc1)CSCCC1SCCS1. The van der Waals surface area contributed by atoms with Crippen molar-refractivity contribution < 1.29 is 19.7 Å². The molecule has 2 aromatic rings. The third-order valence-electron chi connectivity index (χ3n) is 5.92. The Bertz CT molecular complexity index is 829. The zero-order chi connectivity index (χ0) is 26.4. The van der Waals surface area contributed by atoms with Gasteiger partial charge in [0.15, 0.2) is 0 Å². The second-order valence-corrected chi connectivity index (χ2v) is 17.2. The Morgan fingerprint density at radius 1 is 0.632 bits per heavy atom. The van der Waals surface area contributed by atoms with Crippen molar-refractivity contribution in [3.05, 3.63) is 48.5 Å². The predicted molar refractivity (Wildman–Crippen MR) is 176 cm³/mol. The maximum Gasteiger partial charge on any atom is 0.119 e. The fourth-order valence-corrected chi connectivity index (χ4v) is 12.0. The molecular formula is C28H38O4S6. The normalized spacial score (nSPS) is 18.1. The highest BCUT2D eigenvalue weighted by atomic mass is 32.2. The molecule has 2 atom stereocenters.